The standard InChI is InChI=1S/C15H22N2O2/c1-11-6-7-13(8-12(11)2)14(18)9-17(5)10-15(19)16(3)4/h6-8H,9-10H2,1-5H3. The minimum Gasteiger partial charge on any atom is -0.348 e. The first-order valence-corrected chi connectivity index (χ1v) is 6.30. The maximum absolute atomic E-state index is 12.1. The number of aryl methyl sites for hydroxylation is 2. The van der Waals surface area contributed by atoms with E-state index in [1.807, 2.05) is 32.0 Å². The van der Waals surface area contributed by atoms with E-state index in [9.17, 15) is 9.59 Å². The summed E-state index contributed by atoms with van der Waals surface area (Å²) in [5.41, 5.74) is 2.98. The van der Waals surface area contributed by atoms with Crippen LogP contribution < -0.4 is 0 Å². The Bertz CT molecular complexity index is 481. The maximum atomic E-state index is 12.1. The molecule has 0 saturated carbocycles. The molecule has 0 radical (unpaired) electrons. The molecule has 0 saturated heterocycles. The molecule has 1 aromatic rings. The minimum absolute atomic E-state index is 0.00427. The lowest BCUT2D eigenvalue weighted by Gasteiger charge is -2.18. The maximum Gasteiger partial charge on any atom is 0.236 e. The Morgan fingerprint density at radius 1 is 1.00 bits per heavy atom. The third-order valence-corrected chi connectivity index (χ3v) is 3.15. The van der Waals surface area contributed by atoms with Gasteiger partial charge in [0.1, 0.15) is 0 Å². The lowest BCUT2D eigenvalue weighted by Crippen LogP contribution is -2.37. The Morgan fingerprint density at radius 2 is 1.63 bits per heavy atom. The molecule has 0 aromatic heterocycles. The molecule has 1 aromatic carbocycles. The zero-order valence-electron chi connectivity index (χ0n) is 12.4. The van der Waals surface area contributed by atoms with E-state index in [1.165, 1.54) is 10.5 Å². The highest BCUT2D eigenvalue weighted by Gasteiger charge is 2.13. The fourth-order valence-corrected chi connectivity index (χ4v) is 1.68. The molecule has 0 bridgehead atoms. The summed E-state index contributed by atoms with van der Waals surface area (Å²) in [6.07, 6.45) is 0. The normalized spacial score (nSPS) is 10.6. The number of hydrogen-bond donors (Lipinski definition) is 0. The van der Waals surface area contributed by atoms with E-state index >= 15 is 0 Å². The first-order valence-electron chi connectivity index (χ1n) is 6.30. The fourth-order valence-electron chi connectivity index (χ4n) is 1.68. The second-order valence-corrected chi connectivity index (χ2v) is 5.18. The van der Waals surface area contributed by atoms with Gasteiger partial charge in [0.25, 0.3) is 0 Å². The summed E-state index contributed by atoms with van der Waals surface area (Å²) in [6, 6.07) is 5.69. The van der Waals surface area contributed by atoms with Crippen molar-refractivity contribution in [3.8, 4) is 0 Å². The van der Waals surface area contributed by atoms with Gasteiger partial charge in [0.2, 0.25) is 5.91 Å². The number of carbonyl (C=O) groups is 2. The average molecular weight is 262 g/mol. The predicted molar refractivity (Wildman–Crippen MR) is 76.4 cm³/mol. The van der Waals surface area contributed by atoms with Crippen LogP contribution in [0, 0.1) is 13.8 Å². The summed E-state index contributed by atoms with van der Waals surface area (Å²) in [4.78, 5) is 26.9. The Labute approximate surface area is 115 Å². The van der Waals surface area contributed by atoms with Gasteiger partial charge in [-0.25, -0.2) is 0 Å². The van der Waals surface area contributed by atoms with Crippen LogP contribution in [0.4, 0.5) is 0 Å². The zero-order valence-corrected chi connectivity index (χ0v) is 12.4. The van der Waals surface area contributed by atoms with Crippen molar-refractivity contribution in [2.75, 3.05) is 34.2 Å². The van der Waals surface area contributed by atoms with Crippen molar-refractivity contribution < 1.29 is 9.59 Å². The Balaban J connectivity index is 2.64. The number of ketones is 1. The predicted octanol–water partition coefficient (Wildman–Crippen LogP) is 1.51. The molecule has 0 spiro atoms. The fraction of sp³-hybridized carbons (Fsp3) is 0.467. The third-order valence-electron chi connectivity index (χ3n) is 3.15. The molecule has 104 valence electrons. The van der Waals surface area contributed by atoms with Crippen LogP contribution in [0.2, 0.25) is 0 Å². The molecule has 0 atom stereocenters. The molecule has 1 rings (SSSR count). The third kappa shape index (κ3) is 4.48. The Hall–Kier alpha value is -1.68. The summed E-state index contributed by atoms with van der Waals surface area (Å²) in [5.74, 6) is 0.0348. The van der Waals surface area contributed by atoms with E-state index in [0.717, 1.165) is 5.56 Å². The van der Waals surface area contributed by atoms with Gasteiger partial charge < -0.3 is 4.90 Å². The average Bonchev–Trinajstić information content (AvgIpc) is 2.32. The van der Waals surface area contributed by atoms with Gasteiger partial charge in [0.05, 0.1) is 13.1 Å². The van der Waals surface area contributed by atoms with Gasteiger partial charge >= 0.3 is 0 Å². The van der Waals surface area contributed by atoms with Crippen molar-refractivity contribution >= 4 is 11.7 Å². The van der Waals surface area contributed by atoms with Crippen molar-refractivity contribution in [2.45, 2.75) is 13.8 Å². The summed E-state index contributed by atoms with van der Waals surface area (Å²) in [5, 5.41) is 0. The van der Waals surface area contributed by atoms with Gasteiger partial charge in [-0.1, -0.05) is 12.1 Å². The number of amides is 1. The van der Waals surface area contributed by atoms with Crippen LogP contribution in [-0.4, -0.2) is 55.7 Å². The lowest BCUT2D eigenvalue weighted by molar-refractivity contribution is -0.129. The van der Waals surface area contributed by atoms with Crippen molar-refractivity contribution in [1.29, 1.82) is 0 Å². The Morgan fingerprint density at radius 3 is 2.16 bits per heavy atom. The van der Waals surface area contributed by atoms with Gasteiger partial charge in [-0.3, -0.25) is 14.5 Å². The number of carbonyl (C=O) groups excluding carboxylic acids is 2. The molecular weight excluding hydrogens is 240 g/mol. The summed E-state index contributed by atoms with van der Waals surface area (Å²) >= 11 is 0. The number of rotatable bonds is 5. The zero-order chi connectivity index (χ0) is 14.6. The molecular formula is C15H22N2O2. The molecule has 0 aliphatic heterocycles. The summed E-state index contributed by atoms with van der Waals surface area (Å²) in [7, 11) is 5.20. The van der Waals surface area contributed by atoms with Crippen LogP contribution in [0.15, 0.2) is 18.2 Å². The van der Waals surface area contributed by atoms with Gasteiger partial charge in [0, 0.05) is 19.7 Å². The largest absolute Gasteiger partial charge is 0.348 e. The van der Waals surface area contributed by atoms with E-state index in [4.69, 9.17) is 0 Å². The van der Waals surface area contributed by atoms with Crippen LogP contribution in [0.25, 0.3) is 0 Å². The molecule has 4 heteroatoms. The highest BCUT2D eigenvalue weighted by atomic mass is 16.2. The van der Waals surface area contributed by atoms with Crippen molar-refractivity contribution in [1.82, 2.24) is 9.80 Å². The number of benzene rings is 1. The van der Waals surface area contributed by atoms with E-state index in [0.29, 0.717) is 5.56 Å². The summed E-state index contributed by atoms with van der Waals surface area (Å²) < 4.78 is 0. The van der Waals surface area contributed by atoms with Gasteiger partial charge in [-0.2, -0.15) is 0 Å². The quantitative estimate of drug-likeness (QED) is 0.755. The number of Topliss-reactive ketones (excluding diaryl/α,β-unsaturated/α-hetero) is 1. The van der Waals surface area contributed by atoms with Crippen molar-refractivity contribution in [3.05, 3.63) is 34.9 Å². The monoisotopic (exact) mass is 262 g/mol. The number of hydrogen-bond acceptors (Lipinski definition) is 3. The first kappa shape index (κ1) is 15.4. The van der Waals surface area contributed by atoms with Crippen molar-refractivity contribution in [3.63, 3.8) is 0 Å². The molecule has 0 aliphatic carbocycles. The van der Waals surface area contributed by atoms with Crippen LogP contribution in [0.5, 0.6) is 0 Å². The van der Waals surface area contributed by atoms with Crippen LogP contribution in [0.3, 0.4) is 0 Å². The topological polar surface area (TPSA) is 40.6 Å². The van der Waals surface area contributed by atoms with E-state index in [-0.39, 0.29) is 24.8 Å². The second-order valence-electron chi connectivity index (χ2n) is 5.18. The number of likely N-dealkylation sites (N-methyl/N-ethyl adjacent to an activating group) is 2. The SMILES string of the molecule is Cc1ccc(C(=O)CN(C)CC(=O)N(C)C)cc1C. The first-order chi connectivity index (χ1) is 8.81. The van der Waals surface area contributed by atoms with Gasteiger partial charge in [-0.15, -0.1) is 0 Å². The van der Waals surface area contributed by atoms with Gasteiger partial charge in [-0.05, 0) is 38.1 Å². The number of nitrogens with zero attached hydrogens (tertiary/aromatic N) is 2. The summed E-state index contributed by atoms with van der Waals surface area (Å²) in [6.45, 7) is 4.52. The Kier molecular flexibility index (Phi) is 5.24. The molecule has 0 N–H and O–H groups in total. The van der Waals surface area contributed by atoms with Gasteiger partial charge in [0.15, 0.2) is 5.78 Å². The molecule has 0 unspecified atom stereocenters. The molecule has 1 amide bonds. The van der Waals surface area contributed by atoms with E-state index in [2.05, 4.69) is 0 Å². The molecule has 0 aliphatic rings. The smallest absolute Gasteiger partial charge is 0.236 e. The molecule has 0 heterocycles. The van der Waals surface area contributed by atoms with Crippen LogP contribution in [0.1, 0.15) is 21.5 Å². The van der Waals surface area contributed by atoms with Crippen LogP contribution in [-0.2, 0) is 4.79 Å². The van der Waals surface area contributed by atoms with Crippen LogP contribution >= 0.6 is 0 Å². The molecule has 0 fully saturated rings. The molecule has 4 nitrogen and oxygen atoms in total. The highest BCUT2D eigenvalue weighted by molar-refractivity contribution is 5.98. The lowest BCUT2D eigenvalue weighted by atomic mass is 10.0. The van der Waals surface area contributed by atoms with Crippen molar-refractivity contribution in [2.24, 2.45) is 0 Å². The second kappa shape index (κ2) is 6.48. The minimum atomic E-state index is -0.00427. The van der Waals surface area contributed by atoms with E-state index < -0.39 is 0 Å². The highest BCUT2D eigenvalue weighted by Crippen LogP contribution is 2.10. The van der Waals surface area contributed by atoms with E-state index in [1.54, 1.807) is 26.0 Å². The molecule has 19 heavy (non-hydrogen) atoms.